The fourth-order valence-electron chi connectivity index (χ4n) is 2.97. The molecule has 4 heteroatoms. The third kappa shape index (κ3) is 2.23. The Morgan fingerprint density at radius 1 is 1.10 bits per heavy atom. The lowest BCUT2D eigenvalue weighted by molar-refractivity contribution is 0.510. The molecule has 0 fully saturated rings. The van der Waals surface area contributed by atoms with Crippen molar-refractivity contribution in [2.75, 3.05) is 11.9 Å². The van der Waals surface area contributed by atoms with Crippen molar-refractivity contribution in [1.82, 2.24) is 4.98 Å². The van der Waals surface area contributed by atoms with E-state index in [9.17, 15) is 8.78 Å². The van der Waals surface area contributed by atoms with E-state index in [2.05, 4.69) is 10.3 Å². The summed E-state index contributed by atoms with van der Waals surface area (Å²) in [6.07, 6.45) is 5.30. The highest BCUT2D eigenvalue weighted by Gasteiger charge is 2.18. The van der Waals surface area contributed by atoms with E-state index in [1.54, 1.807) is 0 Å². The molecule has 1 aromatic carbocycles. The van der Waals surface area contributed by atoms with E-state index < -0.39 is 11.6 Å². The van der Waals surface area contributed by atoms with Gasteiger partial charge in [0.1, 0.15) is 0 Å². The minimum Gasteiger partial charge on any atom is -0.384 e. The van der Waals surface area contributed by atoms with E-state index in [1.807, 2.05) is 6.92 Å². The number of nitrogens with zero attached hydrogens (tertiary/aromatic N) is 1. The summed E-state index contributed by atoms with van der Waals surface area (Å²) in [5, 5.41) is 4.01. The third-order valence-electron chi connectivity index (χ3n) is 3.91. The molecule has 0 bridgehead atoms. The third-order valence-corrected chi connectivity index (χ3v) is 3.91. The minimum atomic E-state index is -0.832. The Hall–Kier alpha value is -1.71. The number of aryl methyl sites for hydroxylation is 1. The van der Waals surface area contributed by atoms with Gasteiger partial charge in [-0.2, -0.15) is 0 Å². The molecule has 0 radical (unpaired) electrons. The van der Waals surface area contributed by atoms with Gasteiger partial charge in [0, 0.05) is 29.4 Å². The van der Waals surface area contributed by atoms with E-state index in [1.165, 1.54) is 24.1 Å². The van der Waals surface area contributed by atoms with Crippen LogP contribution in [0.5, 0.6) is 0 Å². The van der Waals surface area contributed by atoms with Crippen LogP contribution >= 0.6 is 0 Å². The molecule has 106 valence electrons. The van der Waals surface area contributed by atoms with Gasteiger partial charge >= 0.3 is 0 Å². The van der Waals surface area contributed by atoms with Gasteiger partial charge < -0.3 is 5.32 Å². The number of pyridine rings is 1. The molecular formula is C16H18F2N2. The molecule has 0 atom stereocenters. The molecule has 0 amide bonds. The van der Waals surface area contributed by atoms with Gasteiger partial charge in [-0.15, -0.1) is 0 Å². The largest absolute Gasteiger partial charge is 0.384 e. The Balaban J connectivity index is 2.30. The zero-order valence-electron chi connectivity index (χ0n) is 11.6. The van der Waals surface area contributed by atoms with Crippen molar-refractivity contribution in [3.63, 3.8) is 0 Å². The number of aromatic nitrogens is 1. The quantitative estimate of drug-likeness (QED) is 0.831. The molecule has 2 aromatic rings. The zero-order chi connectivity index (χ0) is 14.1. The van der Waals surface area contributed by atoms with E-state index in [-0.39, 0.29) is 0 Å². The van der Waals surface area contributed by atoms with Crippen LogP contribution in [-0.4, -0.2) is 11.5 Å². The predicted octanol–water partition coefficient (Wildman–Crippen LogP) is 4.21. The number of fused-ring (bicyclic) bond motifs is 2. The normalized spacial score (nSPS) is 14.9. The first-order valence-corrected chi connectivity index (χ1v) is 7.25. The molecule has 20 heavy (non-hydrogen) atoms. The first-order chi connectivity index (χ1) is 9.70. The van der Waals surface area contributed by atoms with Gasteiger partial charge in [0.25, 0.3) is 0 Å². The summed E-state index contributed by atoms with van der Waals surface area (Å²) in [6, 6.07) is 2.47. The van der Waals surface area contributed by atoms with Crippen LogP contribution in [0.15, 0.2) is 12.1 Å². The van der Waals surface area contributed by atoms with Crippen LogP contribution in [0, 0.1) is 11.6 Å². The van der Waals surface area contributed by atoms with Crippen molar-refractivity contribution in [2.45, 2.75) is 39.0 Å². The number of benzene rings is 1. The Bertz CT molecular complexity index is 653. The summed E-state index contributed by atoms with van der Waals surface area (Å²) in [5.41, 5.74) is 3.70. The number of halogens is 2. The number of hydrogen-bond donors (Lipinski definition) is 1. The molecule has 1 aromatic heterocycles. The second kappa shape index (κ2) is 5.35. The molecule has 1 aliphatic rings. The van der Waals surface area contributed by atoms with Gasteiger partial charge in [0.2, 0.25) is 0 Å². The van der Waals surface area contributed by atoms with Gasteiger partial charge in [-0.1, -0.05) is 6.42 Å². The van der Waals surface area contributed by atoms with Gasteiger partial charge in [-0.3, -0.25) is 4.98 Å². The summed E-state index contributed by atoms with van der Waals surface area (Å²) >= 11 is 0. The lowest BCUT2D eigenvalue weighted by Gasteiger charge is -2.16. The minimum absolute atomic E-state index is 0.542. The summed E-state index contributed by atoms with van der Waals surface area (Å²) in [7, 11) is 0. The Labute approximate surface area is 117 Å². The second-order valence-electron chi connectivity index (χ2n) is 5.29. The maximum absolute atomic E-state index is 13.6. The summed E-state index contributed by atoms with van der Waals surface area (Å²) in [5.74, 6) is -1.65. The molecule has 3 rings (SSSR count). The monoisotopic (exact) mass is 276 g/mol. The van der Waals surface area contributed by atoms with Gasteiger partial charge in [-0.25, -0.2) is 8.78 Å². The maximum Gasteiger partial charge on any atom is 0.161 e. The lowest BCUT2D eigenvalue weighted by atomic mass is 10.0. The number of hydrogen-bond acceptors (Lipinski definition) is 2. The molecule has 0 spiro atoms. The first kappa shape index (κ1) is 13.3. The van der Waals surface area contributed by atoms with Crippen molar-refractivity contribution in [1.29, 1.82) is 0 Å². The van der Waals surface area contributed by atoms with Crippen molar-refractivity contribution in [3.05, 3.63) is 35.0 Å². The van der Waals surface area contributed by atoms with Gasteiger partial charge in [-0.05, 0) is 44.2 Å². The van der Waals surface area contributed by atoms with Gasteiger partial charge in [0.15, 0.2) is 11.6 Å². The van der Waals surface area contributed by atoms with Crippen molar-refractivity contribution < 1.29 is 8.78 Å². The molecule has 1 aliphatic carbocycles. The van der Waals surface area contributed by atoms with Crippen LogP contribution in [0.2, 0.25) is 0 Å². The van der Waals surface area contributed by atoms with E-state index >= 15 is 0 Å². The Kier molecular flexibility index (Phi) is 3.55. The Morgan fingerprint density at radius 3 is 2.65 bits per heavy atom. The number of nitrogens with one attached hydrogen (secondary N) is 1. The average molecular weight is 276 g/mol. The highest BCUT2D eigenvalue weighted by molar-refractivity contribution is 5.93. The van der Waals surface area contributed by atoms with Crippen LogP contribution in [0.25, 0.3) is 10.9 Å². The molecule has 0 aliphatic heterocycles. The van der Waals surface area contributed by atoms with Gasteiger partial charge in [0.05, 0.1) is 5.52 Å². The van der Waals surface area contributed by atoms with Crippen molar-refractivity contribution >= 4 is 16.6 Å². The average Bonchev–Trinajstić information content (AvgIpc) is 2.66. The molecule has 0 saturated heterocycles. The molecule has 1 heterocycles. The summed E-state index contributed by atoms with van der Waals surface area (Å²) in [4.78, 5) is 4.57. The Morgan fingerprint density at radius 2 is 1.85 bits per heavy atom. The molecule has 1 N–H and O–H groups in total. The predicted molar refractivity (Wildman–Crippen MR) is 77.1 cm³/mol. The maximum atomic E-state index is 13.6. The topological polar surface area (TPSA) is 24.9 Å². The highest BCUT2D eigenvalue weighted by Crippen LogP contribution is 2.33. The van der Waals surface area contributed by atoms with Crippen LogP contribution in [0.3, 0.4) is 0 Å². The van der Waals surface area contributed by atoms with Crippen LogP contribution in [-0.2, 0) is 12.8 Å². The lowest BCUT2D eigenvalue weighted by Crippen LogP contribution is -2.07. The highest BCUT2D eigenvalue weighted by atomic mass is 19.2. The molecular weight excluding hydrogens is 258 g/mol. The summed E-state index contributed by atoms with van der Waals surface area (Å²) < 4.78 is 27.0. The standard InChI is InChI=1S/C16H18F2N2/c1-2-19-16-10-6-4-3-5-7-14(10)20-15-9-13(18)12(17)8-11(15)16/h8-9H,2-7H2,1H3,(H,19,20). The van der Waals surface area contributed by atoms with Crippen LogP contribution < -0.4 is 5.32 Å². The van der Waals surface area contributed by atoms with E-state index in [0.717, 1.165) is 43.6 Å². The fourth-order valence-corrected chi connectivity index (χ4v) is 2.97. The molecule has 0 unspecified atom stereocenters. The molecule has 2 nitrogen and oxygen atoms in total. The fraction of sp³-hybridized carbons (Fsp3) is 0.438. The van der Waals surface area contributed by atoms with E-state index in [0.29, 0.717) is 10.9 Å². The van der Waals surface area contributed by atoms with Crippen molar-refractivity contribution in [2.24, 2.45) is 0 Å². The summed E-state index contributed by atoms with van der Waals surface area (Å²) in [6.45, 7) is 2.76. The smallest absolute Gasteiger partial charge is 0.161 e. The molecule has 0 saturated carbocycles. The van der Waals surface area contributed by atoms with Crippen LogP contribution in [0.4, 0.5) is 14.5 Å². The second-order valence-corrected chi connectivity index (χ2v) is 5.29. The zero-order valence-corrected chi connectivity index (χ0v) is 11.6. The van der Waals surface area contributed by atoms with E-state index in [4.69, 9.17) is 0 Å². The van der Waals surface area contributed by atoms with Crippen molar-refractivity contribution in [3.8, 4) is 0 Å². The number of anilines is 1. The number of rotatable bonds is 2. The SMILES string of the molecule is CCNc1c2c(nc3cc(F)c(F)cc13)CCCCC2. The van der Waals surface area contributed by atoms with Crippen LogP contribution in [0.1, 0.15) is 37.4 Å². The first-order valence-electron chi connectivity index (χ1n) is 7.25.